The van der Waals surface area contributed by atoms with Crippen molar-refractivity contribution in [1.82, 2.24) is 0 Å². The molecule has 20 heavy (non-hydrogen) atoms. The van der Waals surface area contributed by atoms with Crippen molar-refractivity contribution in [2.45, 2.75) is 18.9 Å². The minimum Gasteiger partial charge on any atom is -0.392 e. The van der Waals surface area contributed by atoms with Crippen molar-refractivity contribution in [2.24, 2.45) is 0 Å². The molecule has 0 saturated carbocycles. The molecule has 0 atom stereocenters. The molecule has 106 valence electrons. The molecule has 0 fully saturated rings. The fraction of sp³-hybridized carbons (Fsp3) is 0.200. The highest BCUT2D eigenvalue weighted by Gasteiger charge is 2.05. The lowest BCUT2D eigenvalue weighted by Crippen LogP contribution is -2.13. The average Bonchev–Trinajstić information content (AvgIpc) is 2.40. The third-order valence-electron chi connectivity index (χ3n) is 2.63. The molecule has 0 saturated heterocycles. The molecule has 0 aliphatic carbocycles. The van der Waals surface area contributed by atoms with Gasteiger partial charge in [-0.1, -0.05) is 60.7 Å². The summed E-state index contributed by atoms with van der Waals surface area (Å²) in [6.07, 6.45) is 1.13. The molecule has 2 aromatic rings. The molecule has 0 bridgehead atoms. The molecule has 0 radical (unpaired) electrons. The fourth-order valence-corrected chi connectivity index (χ4v) is 1.84. The first kappa shape index (κ1) is 15.7. The van der Waals surface area contributed by atoms with Gasteiger partial charge in [0.25, 0.3) is 5.09 Å². The Kier molecular flexibility index (Phi) is 6.78. The minimum atomic E-state index is -1.50. The van der Waals surface area contributed by atoms with Gasteiger partial charge in [-0.3, -0.25) is 0 Å². The zero-order chi connectivity index (χ0) is 14.8. The molecular weight excluding hydrogens is 258 g/mol. The van der Waals surface area contributed by atoms with Crippen LogP contribution >= 0.6 is 0 Å². The topological polar surface area (TPSA) is 83.6 Å². The van der Waals surface area contributed by atoms with E-state index in [9.17, 15) is 5.11 Å². The largest absolute Gasteiger partial charge is 0.392 e. The number of hydrogen-bond donors (Lipinski definition) is 2. The predicted octanol–water partition coefficient (Wildman–Crippen LogP) is 2.49. The lowest BCUT2D eigenvalue weighted by Gasteiger charge is -2.10. The lowest BCUT2D eigenvalue weighted by atomic mass is 10.0. The van der Waals surface area contributed by atoms with Gasteiger partial charge in [0.2, 0.25) is 0 Å². The molecule has 2 rings (SSSR count). The molecule has 5 heteroatoms. The second-order valence-electron chi connectivity index (χ2n) is 4.27. The van der Waals surface area contributed by atoms with Crippen LogP contribution < -0.4 is 0 Å². The van der Waals surface area contributed by atoms with Crippen molar-refractivity contribution in [3.8, 4) is 0 Å². The number of nitrogens with zero attached hydrogens (tertiary/aromatic N) is 1. The zero-order valence-corrected chi connectivity index (χ0v) is 10.9. The van der Waals surface area contributed by atoms with Crippen molar-refractivity contribution < 1.29 is 15.4 Å². The van der Waals surface area contributed by atoms with E-state index in [4.69, 9.17) is 15.3 Å². The van der Waals surface area contributed by atoms with Crippen molar-refractivity contribution in [1.29, 1.82) is 0 Å². The molecule has 2 aromatic carbocycles. The molecule has 5 nitrogen and oxygen atoms in total. The van der Waals surface area contributed by atoms with E-state index in [2.05, 4.69) is 0 Å². The summed E-state index contributed by atoms with van der Waals surface area (Å²) in [5, 5.41) is 23.6. The van der Waals surface area contributed by atoms with Gasteiger partial charge in [-0.15, -0.1) is 10.1 Å². The van der Waals surface area contributed by atoms with Crippen LogP contribution in [-0.2, 0) is 12.8 Å². The Balaban J connectivity index is 0.000000444. The van der Waals surface area contributed by atoms with Gasteiger partial charge in [0.1, 0.15) is 0 Å². The van der Waals surface area contributed by atoms with Gasteiger partial charge in [0.05, 0.1) is 6.10 Å². The lowest BCUT2D eigenvalue weighted by molar-refractivity contribution is -0.742. The molecule has 2 N–H and O–H groups in total. The first-order valence-corrected chi connectivity index (χ1v) is 6.17. The quantitative estimate of drug-likeness (QED) is 0.663. The highest BCUT2D eigenvalue weighted by molar-refractivity contribution is 5.18. The Hall–Kier alpha value is -2.40. The summed E-state index contributed by atoms with van der Waals surface area (Å²) in [6.45, 7) is 0. The van der Waals surface area contributed by atoms with E-state index in [0.717, 1.165) is 12.8 Å². The van der Waals surface area contributed by atoms with Crippen molar-refractivity contribution in [2.75, 3.05) is 0 Å². The molecule has 0 unspecified atom stereocenters. The molecule has 0 heterocycles. The molecular formula is C15H17NO4. The predicted molar refractivity (Wildman–Crippen MR) is 75.1 cm³/mol. The number of rotatable bonds is 4. The summed E-state index contributed by atoms with van der Waals surface area (Å²) < 4.78 is 0. The zero-order valence-electron chi connectivity index (χ0n) is 10.9. The maximum absolute atomic E-state index is 9.96. The van der Waals surface area contributed by atoms with E-state index in [1.165, 1.54) is 11.1 Å². The van der Waals surface area contributed by atoms with Crippen molar-refractivity contribution in [3.05, 3.63) is 81.9 Å². The Morgan fingerprint density at radius 3 is 1.50 bits per heavy atom. The Labute approximate surface area is 117 Å². The van der Waals surface area contributed by atoms with Gasteiger partial charge in [-0.25, -0.2) is 0 Å². The fourth-order valence-electron chi connectivity index (χ4n) is 1.84. The van der Waals surface area contributed by atoms with Crippen molar-refractivity contribution >= 4 is 0 Å². The SMILES string of the molecule is O=[N+]([O-])O.OC(Cc1ccccc1)Cc1ccccc1. The van der Waals surface area contributed by atoms with E-state index >= 15 is 0 Å². The van der Waals surface area contributed by atoms with E-state index in [1.807, 2.05) is 60.7 Å². The Morgan fingerprint density at radius 1 is 0.900 bits per heavy atom. The second kappa shape index (κ2) is 8.66. The van der Waals surface area contributed by atoms with Crippen LogP contribution in [0, 0.1) is 10.1 Å². The van der Waals surface area contributed by atoms with Gasteiger partial charge in [0, 0.05) is 0 Å². The Bertz CT molecular complexity index is 456. The average molecular weight is 275 g/mol. The number of benzene rings is 2. The number of aliphatic hydroxyl groups is 1. The van der Waals surface area contributed by atoms with Gasteiger partial charge in [-0.05, 0) is 24.0 Å². The van der Waals surface area contributed by atoms with Gasteiger partial charge in [0.15, 0.2) is 0 Å². The molecule has 0 aromatic heterocycles. The third kappa shape index (κ3) is 7.13. The summed E-state index contributed by atoms with van der Waals surface area (Å²) >= 11 is 0. The van der Waals surface area contributed by atoms with E-state index in [1.54, 1.807) is 0 Å². The minimum absolute atomic E-state index is 0.301. The van der Waals surface area contributed by atoms with Gasteiger partial charge >= 0.3 is 0 Å². The molecule has 0 amide bonds. The van der Waals surface area contributed by atoms with Crippen LogP contribution in [0.25, 0.3) is 0 Å². The first-order valence-electron chi connectivity index (χ1n) is 6.17. The van der Waals surface area contributed by atoms with Crippen LogP contribution in [-0.4, -0.2) is 21.5 Å². The summed E-state index contributed by atoms with van der Waals surface area (Å²) in [5.41, 5.74) is 2.37. The van der Waals surface area contributed by atoms with Crippen LogP contribution in [0.4, 0.5) is 0 Å². The maximum atomic E-state index is 9.96. The van der Waals surface area contributed by atoms with E-state index in [-0.39, 0.29) is 6.10 Å². The summed E-state index contributed by atoms with van der Waals surface area (Å²) in [6, 6.07) is 20.2. The maximum Gasteiger partial charge on any atom is 0.291 e. The van der Waals surface area contributed by atoms with Crippen LogP contribution in [0.15, 0.2) is 60.7 Å². The first-order chi connectivity index (χ1) is 9.58. The highest BCUT2D eigenvalue weighted by atomic mass is 16.9. The second-order valence-corrected chi connectivity index (χ2v) is 4.27. The third-order valence-corrected chi connectivity index (χ3v) is 2.63. The van der Waals surface area contributed by atoms with E-state index < -0.39 is 5.09 Å². The molecule has 0 aliphatic heterocycles. The normalized spacial score (nSPS) is 9.70. The van der Waals surface area contributed by atoms with Crippen LogP contribution in [0.2, 0.25) is 0 Å². The van der Waals surface area contributed by atoms with Crippen LogP contribution in [0.5, 0.6) is 0 Å². The van der Waals surface area contributed by atoms with Gasteiger partial charge in [-0.2, -0.15) is 0 Å². The standard InChI is InChI=1S/C15H16O.HNO3/c16-15(11-13-7-3-1-4-8-13)12-14-9-5-2-6-10-14;2-1(3)4/h1-10,15-16H,11-12H2;(H,2,3,4). The highest BCUT2D eigenvalue weighted by Crippen LogP contribution is 2.08. The van der Waals surface area contributed by atoms with Gasteiger partial charge < -0.3 is 10.3 Å². The van der Waals surface area contributed by atoms with Crippen molar-refractivity contribution in [3.63, 3.8) is 0 Å². The monoisotopic (exact) mass is 275 g/mol. The summed E-state index contributed by atoms with van der Waals surface area (Å²) in [4.78, 5) is 8.36. The summed E-state index contributed by atoms with van der Waals surface area (Å²) in [5.74, 6) is 0. The van der Waals surface area contributed by atoms with E-state index in [0.29, 0.717) is 0 Å². The number of aliphatic hydroxyl groups excluding tert-OH is 1. The molecule has 0 spiro atoms. The van der Waals surface area contributed by atoms with Crippen LogP contribution in [0.3, 0.4) is 0 Å². The number of hydrogen-bond acceptors (Lipinski definition) is 3. The molecule has 0 aliphatic rings. The smallest absolute Gasteiger partial charge is 0.291 e. The Morgan fingerprint density at radius 2 is 1.20 bits per heavy atom. The summed E-state index contributed by atoms with van der Waals surface area (Å²) in [7, 11) is 0. The van der Waals surface area contributed by atoms with Crippen LogP contribution in [0.1, 0.15) is 11.1 Å².